The molecule has 0 aliphatic heterocycles. The molecule has 1 aromatic heterocycles. The number of pyridine rings is 1. The van der Waals surface area contributed by atoms with Crippen LogP contribution in [0, 0.1) is 0 Å². The molecule has 1 heterocycles. The van der Waals surface area contributed by atoms with Crippen molar-refractivity contribution in [2.24, 2.45) is 0 Å². The zero-order valence-corrected chi connectivity index (χ0v) is 12.6. The van der Waals surface area contributed by atoms with Crippen LogP contribution < -0.4 is 5.32 Å². The largest absolute Gasteiger partial charge is 0.310 e. The molecular formula is C15H17ClN2S. The van der Waals surface area contributed by atoms with E-state index in [1.165, 1.54) is 10.5 Å². The number of hydrogen-bond acceptors (Lipinski definition) is 3. The van der Waals surface area contributed by atoms with Crippen LogP contribution in [-0.2, 0) is 6.54 Å². The molecule has 0 radical (unpaired) electrons. The van der Waals surface area contributed by atoms with E-state index in [-0.39, 0.29) is 0 Å². The Balaban J connectivity index is 1.96. The zero-order valence-electron chi connectivity index (χ0n) is 11.1. The Kier molecular flexibility index (Phi) is 5.25. The van der Waals surface area contributed by atoms with Gasteiger partial charge in [0.25, 0.3) is 0 Å². The molecule has 0 atom stereocenters. The molecule has 2 aromatic rings. The Hall–Kier alpha value is -1.03. The van der Waals surface area contributed by atoms with E-state index >= 15 is 0 Å². The summed E-state index contributed by atoms with van der Waals surface area (Å²) in [6, 6.07) is 12.8. The fourth-order valence-corrected chi connectivity index (χ4v) is 2.41. The number of aromatic nitrogens is 1. The zero-order chi connectivity index (χ0) is 13.7. The fourth-order valence-electron chi connectivity index (χ4n) is 1.54. The first kappa shape index (κ1) is 14.4. The topological polar surface area (TPSA) is 24.9 Å². The molecule has 0 bridgehead atoms. The molecule has 100 valence electrons. The van der Waals surface area contributed by atoms with E-state index in [9.17, 15) is 0 Å². The van der Waals surface area contributed by atoms with Gasteiger partial charge >= 0.3 is 0 Å². The molecule has 0 fully saturated rings. The quantitative estimate of drug-likeness (QED) is 0.885. The average Bonchev–Trinajstić information content (AvgIpc) is 2.40. The highest BCUT2D eigenvalue weighted by Crippen LogP contribution is 2.26. The first-order valence-corrected chi connectivity index (χ1v) is 7.44. The van der Waals surface area contributed by atoms with Gasteiger partial charge in [0.2, 0.25) is 0 Å². The van der Waals surface area contributed by atoms with Crippen LogP contribution >= 0.6 is 23.4 Å². The molecule has 4 heteroatoms. The van der Waals surface area contributed by atoms with Gasteiger partial charge in [-0.05, 0) is 29.8 Å². The van der Waals surface area contributed by atoms with Crippen molar-refractivity contribution in [3.05, 3.63) is 53.2 Å². The van der Waals surface area contributed by atoms with Gasteiger partial charge in [0.05, 0.1) is 5.02 Å². The monoisotopic (exact) mass is 292 g/mol. The summed E-state index contributed by atoms with van der Waals surface area (Å²) in [5, 5.41) is 5.03. The van der Waals surface area contributed by atoms with Crippen molar-refractivity contribution >= 4 is 23.4 Å². The maximum atomic E-state index is 5.82. The Morgan fingerprint density at radius 3 is 2.47 bits per heavy atom. The van der Waals surface area contributed by atoms with Crippen molar-refractivity contribution in [3.8, 4) is 0 Å². The van der Waals surface area contributed by atoms with E-state index < -0.39 is 0 Å². The summed E-state index contributed by atoms with van der Waals surface area (Å²) in [6.07, 6.45) is 1.67. The molecule has 0 saturated carbocycles. The van der Waals surface area contributed by atoms with Crippen LogP contribution in [0.15, 0.2) is 52.5 Å². The van der Waals surface area contributed by atoms with Gasteiger partial charge in [-0.25, -0.2) is 4.98 Å². The number of nitrogens with one attached hydrogen (secondary N) is 1. The molecule has 1 N–H and O–H groups in total. The van der Waals surface area contributed by atoms with Gasteiger partial charge in [-0.1, -0.05) is 49.3 Å². The highest BCUT2D eigenvalue weighted by Gasteiger charge is 2.00. The van der Waals surface area contributed by atoms with E-state index in [0.717, 1.165) is 11.6 Å². The fraction of sp³-hybridized carbons (Fsp3) is 0.267. The van der Waals surface area contributed by atoms with Crippen LogP contribution in [0.25, 0.3) is 0 Å². The average molecular weight is 293 g/mol. The van der Waals surface area contributed by atoms with E-state index in [1.807, 2.05) is 12.1 Å². The first-order chi connectivity index (χ1) is 9.13. The van der Waals surface area contributed by atoms with Gasteiger partial charge in [0.15, 0.2) is 0 Å². The number of nitrogens with zero attached hydrogens (tertiary/aromatic N) is 1. The predicted molar refractivity (Wildman–Crippen MR) is 81.8 cm³/mol. The molecule has 0 aliphatic rings. The third-order valence-corrected chi connectivity index (χ3v) is 3.74. The molecule has 0 amide bonds. The highest BCUT2D eigenvalue weighted by molar-refractivity contribution is 7.99. The number of halogens is 1. The molecule has 0 aliphatic carbocycles. The minimum Gasteiger partial charge on any atom is -0.310 e. The smallest absolute Gasteiger partial charge is 0.101 e. The molecular weight excluding hydrogens is 276 g/mol. The molecule has 0 saturated heterocycles. The van der Waals surface area contributed by atoms with Gasteiger partial charge in [-0.2, -0.15) is 0 Å². The summed E-state index contributed by atoms with van der Waals surface area (Å²) < 4.78 is 0. The highest BCUT2D eigenvalue weighted by atomic mass is 35.5. The van der Waals surface area contributed by atoms with Gasteiger partial charge < -0.3 is 5.32 Å². The molecule has 0 unspecified atom stereocenters. The maximum absolute atomic E-state index is 5.82. The Bertz CT molecular complexity index is 509. The molecule has 0 spiro atoms. The molecule has 2 nitrogen and oxygen atoms in total. The lowest BCUT2D eigenvalue weighted by molar-refractivity contribution is 0.588. The second-order valence-corrected chi connectivity index (χ2v) is 6.13. The van der Waals surface area contributed by atoms with Crippen molar-refractivity contribution in [3.63, 3.8) is 0 Å². The van der Waals surface area contributed by atoms with Crippen LogP contribution in [0.5, 0.6) is 0 Å². The Labute approximate surface area is 123 Å². The summed E-state index contributed by atoms with van der Waals surface area (Å²) in [5.74, 6) is 0. The second kappa shape index (κ2) is 6.94. The summed E-state index contributed by atoms with van der Waals surface area (Å²) in [6.45, 7) is 5.20. The Morgan fingerprint density at radius 1 is 1.16 bits per heavy atom. The lowest BCUT2D eigenvalue weighted by atomic mass is 10.2. The standard InChI is InChI=1S/C15H17ClN2S/c1-11(2)17-9-12-3-6-14(7-4-12)19-15-8-5-13(16)10-18-15/h3-8,10-11,17H,9H2,1-2H3. The van der Waals surface area contributed by atoms with Gasteiger partial charge in [0.1, 0.15) is 5.03 Å². The van der Waals surface area contributed by atoms with Gasteiger partial charge in [-0.15, -0.1) is 0 Å². The van der Waals surface area contributed by atoms with Crippen molar-refractivity contribution in [1.29, 1.82) is 0 Å². The van der Waals surface area contributed by atoms with E-state index in [0.29, 0.717) is 11.1 Å². The third kappa shape index (κ3) is 4.86. The van der Waals surface area contributed by atoms with Crippen molar-refractivity contribution in [1.82, 2.24) is 10.3 Å². The van der Waals surface area contributed by atoms with Crippen LogP contribution in [0.2, 0.25) is 5.02 Å². The van der Waals surface area contributed by atoms with E-state index in [1.54, 1.807) is 18.0 Å². The van der Waals surface area contributed by atoms with Gasteiger partial charge in [-0.3, -0.25) is 0 Å². The van der Waals surface area contributed by atoms with E-state index in [2.05, 4.69) is 48.4 Å². The van der Waals surface area contributed by atoms with Crippen LogP contribution in [0.1, 0.15) is 19.4 Å². The minimum absolute atomic E-state index is 0.507. The normalized spacial score (nSPS) is 10.9. The van der Waals surface area contributed by atoms with Crippen LogP contribution in [0.4, 0.5) is 0 Å². The third-order valence-electron chi connectivity index (χ3n) is 2.56. The number of rotatable bonds is 5. The number of hydrogen-bond donors (Lipinski definition) is 1. The summed E-state index contributed by atoms with van der Waals surface area (Å²) in [7, 11) is 0. The van der Waals surface area contributed by atoms with Gasteiger partial charge in [0, 0.05) is 23.7 Å². The minimum atomic E-state index is 0.507. The van der Waals surface area contributed by atoms with E-state index in [4.69, 9.17) is 11.6 Å². The molecule has 2 rings (SSSR count). The number of benzene rings is 1. The Morgan fingerprint density at radius 2 is 1.89 bits per heavy atom. The van der Waals surface area contributed by atoms with Crippen LogP contribution in [0.3, 0.4) is 0 Å². The second-order valence-electron chi connectivity index (χ2n) is 4.60. The first-order valence-electron chi connectivity index (χ1n) is 6.25. The predicted octanol–water partition coefficient (Wildman–Crippen LogP) is 4.38. The lowest BCUT2D eigenvalue weighted by Gasteiger charge is -2.08. The molecule has 19 heavy (non-hydrogen) atoms. The lowest BCUT2D eigenvalue weighted by Crippen LogP contribution is -2.21. The maximum Gasteiger partial charge on any atom is 0.101 e. The molecule has 1 aromatic carbocycles. The summed E-state index contributed by atoms with van der Waals surface area (Å²) in [5.41, 5.74) is 1.29. The SMILES string of the molecule is CC(C)NCc1ccc(Sc2ccc(Cl)cn2)cc1. The van der Waals surface area contributed by atoms with Crippen molar-refractivity contribution in [2.45, 2.75) is 36.4 Å². The van der Waals surface area contributed by atoms with Crippen LogP contribution in [-0.4, -0.2) is 11.0 Å². The summed E-state index contributed by atoms with van der Waals surface area (Å²) in [4.78, 5) is 5.46. The summed E-state index contributed by atoms with van der Waals surface area (Å²) >= 11 is 7.46. The van der Waals surface area contributed by atoms with Crippen molar-refractivity contribution < 1.29 is 0 Å². The van der Waals surface area contributed by atoms with Crippen molar-refractivity contribution in [2.75, 3.05) is 0 Å².